The van der Waals surface area contributed by atoms with Gasteiger partial charge in [0, 0.05) is 16.3 Å². The molecule has 0 fully saturated rings. The van der Waals surface area contributed by atoms with Crippen molar-refractivity contribution in [1.82, 2.24) is 0 Å². The summed E-state index contributed by atoms with van der Waals surface area (Å²) < 4.78 is 16.2. The lowest BCUT2D eigenvalue weighted by molar-refractivity contribution is -0.157. The Hall–Kier alpha value is -2.45. The molecule has 0 saturated carbocycles. The molecule has 1 unspecified atom stereocenters. The van der Waals surface area contributed by atoms with E-state index >= 15 is 0 Å². The first kappa shape index (κ1) is 19.9. The number of carbonyl (C=O) groups excluding carboxylic acids is 2. The number of carbonyl (C=O) groups is 2. The third kappa shape index (κ3) is 4.59. The lowest BCUT2D eigenvalue weighted by Crippen LogP contribution is -2.27. The molecule has 1 atom stereocenters. The van der Waals surface area contributed by atoms with E-state index in [9.17, 15) is 14.7 Å². The normalized spacial score (nSPS) is 12.5. The Labute approximate surface area is 155 Å². The quantitative estimate of drug-likeness (QED) is 0.590. The van der Waals surface area contributed by atoms with Gasteiger partial charge in [0.15, 0.2) is 17.2 Å². The zero-order chi connectivity index (χ0) is 19.5. The number of thiophene rings is 1. The van der Waals surface area contributed by atoms with Crippen LogP contribution in [0.4, 0.5) is 0 Å². The number of hydrogen-bond acceptors (Lipinski definition) is 8. The van der Waals surface area contributed by atoms with Crippen LogP contribution in [0.15, 0.2) is 18.2 Å². The summed E-state index contributed by atoms with van der Waals surface area (Å²) in [5.74, 6) is -0.901. The van der Waals surface area contributed by atoms with Gasteiger partial charge < -0.3 is 24.7 Å². The lowest BCUT2D eigenvalue weighted by atomic mass is 10.1. The van der Waals surface area contributed by atoms with E-state index in [4.69, 9.17) is 19.6 Å². The van der Waals surface area contributed by atoms with Gasteiger partial charge in [0.2, 0.25) is 0 Å². The van der Waals surface area contributed by atoms with Gasteiger partial charge in [0.05, 0.1) is 7.11 Å². The molecule has 2 N–H and O–H groups in total. The first-order chi connectivity index (χ1) is 12.2. The largest absolute Gasteiger partial charge is 0.479 e. The highest BCUT2D eigenvalue weighted by atomic mass is 32.1. The Morgan fingerprint density at radius 2 is 2.04 bits per heavy atom. The number of hydrogen-bond donors (Lipinski definition) is 2. The Bertz CT molecular complexity index is 836. The molecule has 1 aromatic carbocycles. The van der Waals surface area contributed by atoms with E-state index < -0.39 is 23.6 Å². The van der Waals surface area contributed by atoms with Gasteiger partial charge in [-0.05, 0) is 38.5 Å². The Balaban J connectivity index is 2.37. The predicted octanol–water partition coefficient (Wildman–Crippen LogP) is 3.09. The van der Waals surface area contributed by atoms with Crippen molar-refractivity contribution in [2.24, 2.45) is 0 Å². The van der Waals surface area contributed by atoms with Gasteiger partial charge in [-0.25, -0.2) is 9.59 Å². The fourth-order valence-electron chi connectivity index (χ4n) is 2.24. The minimum atomic E-state index is -1.03. The monoisotopic (exact) mass is 379 g/mol. The maximum Gasteiger partial charge on any atom is 0.351 e. The smallest absolute Gasteiger partial charge is 0.351 e. The van der Waals surface area contributed by atoms with Crippen LogP contribution in [0.1, 0.15) is 42.1 Å². The fraction of sp³-hybridized carbons (Fsp3) is 0.389. The highest BCUT2D eigenvalue weighted by molar-refractivity contribution is 7.21. The van der Waals surface area contributed by atoms with Gasteiger partial charge in [-0.15, -0.1) is 11.3 Å². The number of nitrogens with one attached hydrogen (secondary N) is 1. The molecule has 0 bridgehead atoms. The number of benzene rings is 1. The first-order valence-electron chi connectivity index (χ1n) is 7.84. The topological polar surface area (TPSA) is 106 Å². The maximum absolute atomic E-state index is 12.1. The first-order valence-corrected chi connectivity index (χ1v) is 8.66. The molecule has 2 rings (SSSR count). The highest BCUT2D eigenvalue weighted by Gasteiger charge is 2.23. The van der Waals surface area contributed by atoms with Crippen LogP contribution in [0.2, 0.25) is 0 Å². The van der Waals surface area contributed by atoms with Crippen molar-refractivity contribution in [2.45, 2.75) is 32.5 Å². The van der Waals surface area contributed by atoms with Crippen LogP contribution in [-0.4, -0.2) is 42.6 Å². The number of aliphatic hydroxyl groups excluding tert-OH is 1. The molecule has 0 radical (unpaired) electrons. The zero-order valence-corrected chi connectivity index (χ0v) is 15.8. The minimum absolute atomic E-state index is 0.215. The van der Waals surface area contributed by atoms with E-state index in [2.05, 4.69) is 0 Å². The van der Waals surface area contributed by atoms with Crippen molar-refractivity contribution >= 4 is 39.6 Å². The van der Waals surface area contributed by atoms with Crippen molar-refractivity contribution in [2.75, 3.05) is 13.7 Å². The molecule has 2 aromatic rings. The van der Waals surface area contributed by atoms with Crippen molar-refractivity contribution in [3.8, 4) is 5.75 Å². The summed E-state index contributed by atoms with van der Waals surface area (Å²) in [7, 11) is 1.26. The van der Waals surface area contributed by atoms with Crippen LogP contribution in [0.25, 0.3) is 10.1 Å². The van der Waals surface area contributed by atoms with Crippen molar-refractivity contribution in [3.05, 3.63) is 28.6 Å². The van der Waals surface area contributed by atoms with Crippen LogP contribution in [0.3, 0.4) is 0 Å². The standard InChI is InChI=1S/C18H21NO6S/c1-18(2,3)25-14(21)9-24-15-11-6-5-10(12(20)8-19)7-13(11)26-16(15)17(22)23-4/h5-8,12,19-20H,9H2,1-4H3. The van der Waals surface area contributed by atoms with Gasteiger partial charge in [-0.1, -0.05) is 6.07 Å². The molecule has 0 amide bonds. The second-order valence-electron chi connectivity index (χ2n) is 6.49. The molecular weight excluding hydrogens is 358 g/mol. The Morgan fingerprint density at radius 3 is 2.62 bits per heavy atom. The second-order valence-corrected chi connectivity index (χ2v) is 7.55. The molecule has 0 aliphatic heterocycles. The van der Waals surface area contributed by atoms with Crippen LogP contribution >= 0.6 is 11.3 Å². The minimum Gasteiger partial charge on any atom is -0.479 e. The van der Waals surface area contributed by atoms with Gasteiger partial charge in [-0.2, -0.15) is 0 Å². The van der Waals surface area contributed by atoms with E-state index in [-0.39, 0.29) is 17.2 Å². The van der Waals surface area contributed by atoms with E-state index in [0.29, 0.717) is 15.6 Å². The molecule has 140 valence electrons. The summed E-state index contributed by atoms with van der Waals surface area (Å²) in [5.41, 5.74) is -0.121. The fourth-order valence-corrected chi connectivity index (χ4v) is 3.36. The van der Waals surface area contributed by atoms with E-state index in [1.807, 2.05) is 0 Å². The molecule has 26 heavy (non-hydrogen) atoms. The summed E-state index contributed by atoms with van der Waals surface area (Å²) in [6.07, 6.45) is -0.121. The molecular formula is C18H21NO6S. The summed E-state index contributed by atoms with van der Waals surface area (Å²) in [6, 6.07) is 4.97. The number of rotatable bonds is 6. The molecule has 0 aliphatic carbocycles. The summed E-state index contributed by atoms with van der Waals surface area (Å²) >= 11 is 1.13. The van der Waals surface area contributed by atoms with Crippen LogP contribution in [-0.2, 0) is 14.3 Å². The van der Waals surface area contributed by atoms with Gasteiger partial charge in [0.25, 0.3) is 0 Å². The molecule has 0 aliphatic rings. The van der Waals surface area contributed by atoms with Crippen molar-refractivity contribution in [3.63, 3.8) is 0 Å². The Morgan fingerprint density at radius 1 is 1.35 bits per heavy atom. The van der Waals surface area contributed by atoms with Gasteiger partial charge in [-0.3, -0.25) is 0 Å². The van der Waals surface area contributed by atoms with Crippen LogP contribution in [0, 0.1) is 5.41 Å². The van der Waals surface area contributed by atoms with Gasteiger partial charge >= 0.3 is 11.9 Å². The Kier molecular flexibility index (Phi) is 5.99. The van der Waals surface area contributed by atoms with E-state index in [1.54, 1.807) is 39.0 Å². The second kappa shape index (κ2) is 7.84. The number of ether oxygens (including phenoxy) is 3. The zero-order valence-electron chi connectivity index (χ0n) is 15.0. The molecule has 8 heteroatoms. The third-order valence-electron chi connectivity index (χ3n) is 3.29. The molecule has 7 nitrogen and oxygen atoms in total. The van der Waals surface area contributed by atoms with Crippen molar-refractivity contribution in [1.29, 1.82) is 5.41 Å². The number of fused-ring (bicyclic) bond motifs is 1. The summed E-state index contributed by atoms with van der Waals surface area (Å²) in [4.78, 5) is 24.2. The molecule has 1 aromatic heterocycles. The average Bonchev–Trinajstić information content (AvgIpc) is 2.94. The van der Waals surface area contributed by atoms with Crippen molar-refractivity contribution < 1.29 is 28.9 Å². The maximum atomic E-state index is 12.1. The lowest BCUT2D eigenvalue weighted by Gasteiger charge is -2.19. The number of aliphatic hydroxyl groups is 1. The average molecular weight is 379 g/mol. The van der Waals surface area contributed by atoms with E-state index in [0.717, 1.165) is 17.6 Å². The third-order valence-corrected chi connectivity index (χ3v) is 4.41. The van der Waals surface area contributed by atoms with Gasteiger partial charge in [0.1, 0.15) is 11.7 Å². The molecule has 0 saturated heterocycles. The number of esters is 2. The highest BCUT2D eigenvalue weighted by Crippen LogP contribution is 2.39. The van der Waals surface area contributed by atoms with E-state index in [1.165, 1.54) is 7.11 Å². The van der Waals surface area contributed by atoms with Crippen LogP contribution in [0.5, 0.6) is 5.75 Å². The van der Waals surface area contributed by atoms with Crippen LogP contribution < -0.4 is 4.74 Å². The summed E-state index contributed by atoms with van der Waals surface area (Å²) in [5, 5.41) is 17.6. The SMILES string of the molecule is COC(=O)c1sc2cc(C(O)C=N)ccc2c1OCC(=O)OC(C)(C)C. The summed E-state index contributed by atoms with van der Waals surface area (Å²) in [6.45, 7) is 4.90. The molecule has 1 heterocycles. The number of methoxy groups -OCH3 is 1. The molecule has 0 spiro atoms. The predicted molar refractivity (Wildman–Crippen MR) is 98.2 cm³/mol.